The van der Waals surface area contributed by atoms with Crippen molar-refractivity contribution in [2.75, 3.05) is 11.6 Å². The largest absolute Gasteiger partial charge is 0.345 e. The quantitative estimate of drug-likeness (QED) is 0.534. The predicted octanol–water partition coefficient (Wildman–Crippen LogP) is 3.93. The number of benzene rings is 2. The number of carbonyl (C=O) groups excluding carboxylic acids is 1. The molecular formula is C20H19N5OS. The lowest BCUT2D eigenvalue weighted by atomic mass is 10.2. The first kappa shape index (κ1) is 17.4. The monoisotopic (exact) mass is 377 g/mol. The number of aromatic amines is 1. The zero-order valence-corrected chi connectivity index (χ0v) is 15.7. The fourth-order valence-electron chi connectivity index (χ4n) is 3.02. The first-order valence-corrected chi connectivity index (χ1v) is 9.97. The Labute approximate surface area is 161 Å². The predicted molar refractivity (Wildman–Crippen MR) is 110 cm³/mol. The summed E-state index contributed by atoms with van der Waals surface area (Å²) < 4.78 is 1.98. The average Bonchev–Trinajstić information content (AvgIpc) is 3.32. The van der Waals surface area contributed by atoms with E-state index in [9.17, 15) is 4.79 Å². The first-order chi connectivity index (χ1) is 13.2. The molecule has 4 aromatic rings. The normalized spacial score (nSPS) is 11.0. The molecule has 0 aliphatic carbocycles. The second-order valence-corrected chi connectivity index (χ2v) is 6.97. The molecule has 0 bridgehead atoms. The molecule has 0 aliphatic heterocycles. The molecular weight excluding hydrogens is 358 g/mol. The van der Waals surface area contributed by atoms with Crippen LogP contribution >= 0.6 is 11.8 Å². The molecule has 27 heavy (non-hydrogen) atoms. The smallest absolute Gasteiger partial charge is 0.244 e. The summed E-state index contributed by atoms with van der Waals surface area (Å²) in [6.07, 6.45) is 5.53. The number of hydrogen-bond acceptors (Lipinski definition) is 4. The number of amides is 1. The van der Waals surface area contributed by atoms with Gasteiger partial charge in [-0.2, -0.15) is 11.8 Å². The van der Waals surface area contributed by atoms with Crippen molar-refractivity contribution in [3.8, 4) is 11.4 Å². The van der Waals surface area contributed by atoms with E-state index in [1.165, 1.54) is 0 Å². The van der Waals surface area contributed by atoms with Gasteiger partial charge in [0.25, 0.3) is 0 Å². The van der Waals surface area contributed by atoms with E-state index < -0.39 is 0 Å². The van der Waals surface area contributed by atoms with Crippen LogP contribution in [0.1, 0.15) is 5.82 Å². The molecule has 136 valence electrons. The Morgan fingerprint density at radius 1 is 1.19 bits per heavy atom. The van der Waals surface area contributed by atoms with Crippen molar-refractivity contribution >= 4 is 34.4 Å². The van der Waals surface area contributed by atoms with E-state index in [0.29, 0.717) is 0 Å². The van der Waals surface area contributed by atoms with E-state index in [2.05, 4.69) is 20.3 Å². The topological polar surface area (TPSA) is 75.6 Å². The molecule has 0 radical (unpaired) electrons. The van der Waals surface area contributed by atoms with Crippen LogP contribution in [0.2, 0.25) is 0 Å². The molecule has 7 heteroatoms. The van der Waals surface area contributed by atoms with Gasteiger partial charge in [-0.05, 0) is 42.7 Å². The van der Waals surface area contributed by atoms with Crippen LogP contribution in [0.15, 0.2) is 60.9 Å². The highest BCUT2D eigenvalue weighted by molar-refractivity contribution is 7.97. The Morgan fingerprint density at radius 3 is 2.74 bits per heavy atom. The molecule has 0 saturated heterocycles. The summed E-state index contributed by atoms with van der Waals surface area (Å²) in [6.45, 7) is 0.232. The fraction of sp³-hybridized carbons (Fsp3) is 0.150. The van der Waals surface area contributed by atoms with Crippen molar-refractivity contribution in [2.45, 2.75) is 12.3 Å². The molecule has 0 saturated carbocycles. The van der Waals surface area contributed by atoms with Crippen molar-refractivity contribution in [2.24, 2.45) is 0 Å². The Bertz CT molecular complexity index is 1050. The Hall–Kier alpha value is -3.06. The van der Waals surface area contributed by atoms with Crippen molar-refractivity contribution < 1.29 is 4.79 Å². The molecule has 0 atom stereocenters. The molecule has 0 fully saturated rings. The summed E-state index contributed by atoms with van der Waals surface area (Å²) in [7, 11) is 0. The number of anilines is 1. The van der Waals surface area contributed by atoms with Gasteiger partial charge in [-0.25, -0.2) is 9.97 Å². The van der Waals surface area contributed by atoms with Crippen LogP contribution in [-0.4, -0.2) is 31.7 Å². The third-order valence-corrected chi connectivity index (χ3v) is 4.80. The number of nitrogens with one attached hydrogen (secondary N) is 2. The molecule has 0 aliphatic rings. The van der Waals surface area contributed by atoms with Crippen LogP contribution in [0.5, 0.6) is 0 Å². The highest BCUT2D eigenvalue weighted by atomic mass is 32.2. The molecule has 1 amide bonds. The Morgan fingerprint density at radius 2 is 2.00 bits per heavy atom. The van der Waals surface area contributed by atoms with Gasteiger partial charge in [-0.15, -0.1) is 0 Å². The summed E-state index contributed by atoms with van der Waals surface area (Å²) in [5.41, 5.74) is 3.62. The molecule has 2 aromatic heterocycles. The van der Waals surface area contributed by atoms with E-state index >= 15 is 0 Å². The van der Waals surface area contributed by atoms with Crippen LogP contribution in [0, 0.1) is 0 Å². The minimum absolute atomic E-state index is 0.0775. The number of carbonyl (C=O) groups is 1. The lowest BCUT2D eigenvalue weighted by molar-refractivity contribution is -0.116. The van der Waals surface area contributed by atoms with Crippen molar-refractivity contribution in [3.63, 3.8) is 0 Å². The maximum atomic E-state index is 12.6. The number of para-hydroxylation sites is 2. The lowest BCUT2D eigenvalue weighted by Crippen LogP contribution is -2.20. The molecule has 6 nitrogen and oxygen atoms in total. The zero-order valence-electron chi connectivity index (χ0n) is 14.8. The van der Waals surface area contributed by atoms with E-state index in [1.54, 1.807) is 24.2 Å². The van der Waals surface area contributed by atoms with Crippen molar-refractivity contribution in [3.05, 3.63) is 66.7 Å². The maximum absolute atomic E-state index is 12.6. The zero-order chi connectivity index (χ0) is 18.6. The number of fused-ring (bicyclic) bond motifs is 1. The number of H-pyrrole nitrogens is 1. The second kappa shape index (κ2) is 7.67. The summed E-state index contributed by atoms with van der Waals surface area (Å²) in [4.78, 5) is 24.6. The third kappa shape index (κ3) is 3.73. The molecule has 2 heterocycles. The molecule has 0 spiro atoms. The standard InChI is InChI=1S/C20H19N5OS/c1-27-13-18-24-16-4-2-3-5-17(16)25(18)12-19(26)23-15-8-6-14(7-9-15)20-21-10-11-22-20/h2-11H,12-13H2,1H3,(H,21,22)(H,23,26). The number of hydrogen-bond donors (Lipinski definition) is 2. The molecule has 0 unspecified atom stereocenters. The van der Waals surface area contributed by atoms with E-state index in [0.717, 1.165) is 39.7 Å². The SMILES string of the molecule is CSCc1nc2ccccc2n1CC(=O)Nc1ccc(-c2ncc[nH]2)cc1. The van der Waals surface area contributed by atoms with Crippen molar-refractivity contribution in [1.29, 1.82) is 0 Å². The molecule has 4 rings (SSSR count). The summed E-state index contributed by atoms with van der Waals surface area (Å²) in [6, 6.07) is 15.5. The number of nitrogens with zero attached hydrogens (tertiary/aromatic N) is 3. The van der Waals surface area contributed by atoms with E-state index in [4.69, 9.17) is 0 Å². The van der Waals surface area contributed by atoms with Crippen LogP contribution in [0.3, 0.4) is 0 Å². The van der Waals surface area contributed by atoms with Gasteiger partial charge in [0.15, 0.2) is 0 Å². The number of imidazole rings is 2. The average molecular weight is 377 g/mol. The van der Waals surface area contributed by atoms with Crippen LogP contribution < -0.4 is 5.32 Å². The summed E-state index contributed by atoms with van der Waals surface area (Å²) in [5, 5.41) is 2.96. The second-order valence-electron chi connectivity index (χ2n) is 6.10. The number of thioether (sulfide) groups is 1. The molecule has 2 aromatic carbocycles. The summed E-state index contributed by atoms with van der Waals surface area (Å²) >= 11 is 1.69. The summed E-state index contributed by atoms with van der Waals surface area (Å²) in [5.74, 6) is 2.40. The van der Waals surface area contributed by atoms with Crippen LogP contribution in [0.25, 0.3) is 22.4 Å². The number of aromatic nitrogens is 4. The van der Waals surface area contributed by atoms with Gasteiger partial charge < -0.3 is 14.9 Å². The van der Waals surface area contributed by atoms with Gasteiger partial charge in [0.1, 0.15) is 18.2 Å². The van der Waals surface area contributed by atoms with Crippen LogP contribution in [0.4, 0.5) is 5.69 Å². The van der Waals surface area contributed by atoms with Gasteiger partial charge in [-0.1, -0.05) is 12.1 Å². The minimum Gasteiger partial charge on any atom is -0.345 e. The van der Waals surface area contributed by atoms with Gasteiger partial charge in [0, 0.05) is 23.6 Å². The van der Waals surface area contributed by atoms with E-state index in [1.807, 2.05) is 59.4 Å². The first-order valence-electron chi connectivity index (χ1n) is 8.57. The number of rotatable bonds is 6. The van der Waals surface area contributed by atoms with Crippen molar-refractivity contribution in [1.82, 2.24) is 19.5 Å². The highest BCUT2D eigenvalue weighted by Crippen LogP contribution is 2.20. The van der Waals surface area contributed by atoms with Gasteiger partial charge in [0.05, 0.1) is 16.8 Å². The maximum Gasteiger partial charge on any atom is 0.244 e. The van der Waals surface area contributed by atoms with Gasteiger partial charge in [-0.3, -0.25) is 4.79 Å². The highest BCUT2D eigenvalue weighted by Gasteiger charge is 2.13. The van der Waals surface area contributed by atoms with Crippen LogP contribution in [-0.2, 0) is 17.1 Å². The fourth-order valence-corrected chi connectivity index (χ4v) is 3.50. The molecule has 2 N–H and O–H groups in total. The lowest BCUT2D eigenvalue weighted by Gasteiger charge is -2.10. The third-order valence-electron chi connectivity index (χ3n) is 4.25. The van der Waals surface area contributed by atoms with E-state index in [-0.39, 0.29) is 12.5 Å². The Kier molecular flexibility index (Phi) is 4.93. The minimum atomic E-state index is -0.0775. The van der Waals surface area contributed by atoms with Gasteiger partial charge in [0.2, 0.25) is 5.91 Å². The van der Waals surface area contributed by atoms with Gasteiger partial charge >= 0.3 is 0 Å². The Balaban J connectivity index is 1.51.